The van der Waals surface area contributed by atoms with Crippen molar-refractivity contribution < 1.29 is 0 Å². The Morgan fingerprint density at radius 2 is 1.85 bits per heavy atom. The molecule has 0 fully saturated rings. The van der Waals surface area contributed by atoms with Gasteiger partial charge in [-0.1, -0.05) is 32.9 Å². The van der Waals surface area contributed by atoms with E-state index in [2.05, 4.69) is 61.8 Å². The molecule has 2 aromatic rings. The van der Waals surface area contributed by atoms with Crippen molar-refractivity contribution in [3.8, 4) is 0 Å². The van der Waals surface area contributed by atoms with Crippen LogP contribution in [0.5, 0.6) is 0 Å². The molecule has 1 heterocycles. The van der Waals surface area contributed by atoms with Crippen molar-refractivity contribution in [3.63, 3.8) is 0 Å². The summed E-state index contributed by atoms with van der Waals surface area (Å²) in [6, 6.07) is 11.7. The summed E-state index contributed by atoms with van der Waals surface area (Å²) in [5.74, 6) is 0. The van der Waals surface area contributed by atoms with Gasteiger partial charge in [-0.3, -0.25) is 0 Å². The highest BCUT2D eigenvalue weighted by Gasteiger charge is 2.21. The van der Waals surface area contributed by atoms with Crippen molar-refractivity contribution >= 4 is 17.0 Å². The van der Waals surface area contributed by atoms with Crippen LogP contribution in [0.2, 0.25) is 0 Å². The standard InChI is InChI=1S/C18H23NS/c1-18(2,3)13-7-9-14(10-8-13)19-16-5-4-6-17-15(16)11-12-20-17/h7-12,16,19H,4-6H2,1-3H3. The number of nitrogens with one attached hydrogen (secondary N) is 1. The largest absolute Gasteiger partial charge is 0.378 e. The van der Waals surface area contributed by atoms with Gasteiger partial charge in [-0.2, -0.15) is 0 Å². The zero-order valence-corrected chi connectivity index (χ0v) is 13.4. The van der Waals surface area contributed by atoms with Gasteiger partial charge >= 0.3 is 0 Å². The van der Waals surface area contributed by atoms with E-state index >= 15 is 0 Å². The normalized spacial score (nSPS) is 18.6. The van der Waals surface area contributed by atoms with E-state index < -0.39 is 0 Å². The molecule has 1 nitrogen and oxygen atoms in total. The number of hydrogen-bond donors (Lipinski definition) is 1. The first-order valence-corrected chi connectivity index (χ1v) is 8.35. The van der Waals surface area contributed by atoms with Gasteiger partial charge in [0.1, 0.15) is 0 Å². The van der Waals surface area contributed by atoms with E-state index in [-0.39, 0.29) is 5.41 Å². The van der Waals surface area contributed by atoms with Crippen LogP contribution in [0.1, 0.15) is 55.7 Å². The predicted molar refractivity (Wildman–Crippen MR) is 88.8 cm³/mol. The Balaban J connectivity index is 1.77. The average molecular weight is 285 g/mol. The van der Waals surface area contributed by atoms with Gasteiger partial charge in [-0.25, -0.2) is 0 Å². The quantitative estimate of drug-likeness (QED) is 0.764. The number of benzene rings is 1. The Morgan fingerprint density at radius 1 is 1.10 bits per heavy atom. The van der Waals surface area contributed by atoms with Crippen LogP contribution in [0.15, 0.2) is 35.7 Å². The van der Waals surface area contributed by atoms with Crippen LogP contribution < -0.4 is 5.32 Å². The van der Waals surface area contributed by atoms with E-state index in [0.29, 0.717) is 6.04 Å². The molecular weight excluding hydrogens is 262 g/mol. The molecule has 1 unspecified atom stereocenters. The minimum absolute atomic E-state index is 0.226. The maximum atomic E-state index is 3.71. The topological polar surface area (TPSA) is 12.0 Å². The molecular formula is C18H23NS. The molecule has 1 aromatic heterocycles. The molecule has 1 aliphatic carbocycles. The van der Waals surface area contributed by atoms with Gasteiger partial charge in [0, 0.05) is 10.6 Å². The van der Waals surface area contributed by atoms with Gasteiger partial charge in [0.15, 0.2) is 0 Å². The molecule has 0 bridgehead atoms. The summed E-state index contributed by atoms with van der Waals surface area (Å²) in [5, 5.41) is 5.94. The molecule has 1 aliphatic rings. The Morgan fingerprint density at radius 3 is 2.55 bits per heavy atom. The zero-order valence-electron chi connectivity index (χ0n) is 12.6. The third-order valence-electron chi connectivity index (χ3n) is 4.14. The first kappa shape index (κ1) is 13.7. The van der Waals surface area contributed by atoms with Gasteiger partial charge in [0.05, 0.1) is 6.04 Å². The molecule has 0 saturated carbocycles. The number of thiophene rings is 1. The Kier molecular flexibility index (Phi) is 3.59. The fourth-order valence-corrected chi connectivity index (χ4v) is 3.89. The summed E-state index contributed by atoms with van der Waals surface area (Å²) >= 11 is 1.91. The lowest BCUT2D eigenvalue weighted by Gasteiger charge is -2.25. The number of rotatable bonds is 2. The third-order valence-corrected chi connectivity index (χ3v) is 5.14. The van der Waals surface area contributed by atoms with Gasteiger partial charge in [-0.05, 0) is 59.4 Å². The highest BCUT2D eigenvalue weighted by molar-refractivity contribution is 7.10. The Labute approximate surface area is 126 Å². The summed E-state index contributed by atoms with van der Waals surface area (Å²) < 4.78 is 0. The second-order valence-electron chi connectivity index (χ2n) is 6.72. The molecule has 1 aromatic carbocycles. The van der Waals surface area contributed by atoms with Gasteiger partial charge in [0.25, 0.3) is 0 Å². The predicted octanol–water partition coefficient (Wildman–Crippen LogP) is 5.54. The van der Waals surface area contributed by atoms with Crippen molar-refractivity contribution in [2.24, 2.45) is 0 Å². The fraction of sp³-hybridized carbons (Fsp3) is 0.444. The Hall–Kier alpha value is -1.28. The van der Waals surface area contributed by atoms with Crippen molar-refractivity contribution in [1.82, 2.24) is 0 Å². The van der Waals surface area contributed by atoms with Crippen LogP contribution in [0.25, 0.3) is 0 Å². The second kappa shape index (κ2) is 5.25. The highest BCUT2D eigenvalue weighted by Crippen LogP contribution is 2.35. The van der Waals surface area contributed by atoms with Gasteiger partial charge in [0.2, 0.25) is 0 Å². The molecule has 0 spiro atoms. The van der Waals surface area contributed by atoms with Gasteiger partial charge < -0.3 is 5.32 Å². The van der Waals surface area contributed by atoms with E-state index in [1.165, 1.54) is 36.1 Å². The molecule has 1 N–H and O–H groups in total. The lowest BCUT2D eigenvalue weighted by Crippen LogP contribution is -2.16. The van der Waals surface area contributed by atoms with Crippen LogP contribution in [0.4, 0.5) is 5.69 Å². The first-order chi connectivity index (χ1) is 9.54. The second-order valence-corrected chi connectivity index (χ2v) is 7.72. The van der Waals surface area contributed by atoms with Crippen LogP contribution in [-0.4, -0.2) is 0 Å². The monoisotopic (exact) mass is 285 g/mol. The molecule has 2 heteroatoms. The number of aryl methyl sites for hydroxylation is 1. The summed E-state index contributed by atoms with van der Waals surface area (Å²) in [6.45, 7) is 6.77. The molecule has 0 amide bonds. The maximum absolute atomic E-state index is 3.71. The van der Waals surface area contributed by atoms with Crippen LogP contribution in [0, 0.1) is 0 Å². The smallest absolute Gasteiger partial charge is 0.0524 e. The van der Waals surface area contributed by atoms with E-state index in [1.807, 2.05) is 11.3 Å². The number of anilines is 1. The first-order valence-electron chi connectivity index (χ1n) is 7.47. The van der Waals surface area contributed by atoms with Crippen LogP contribution >= 0.6 is 11.3 Å². The summed E-state index contributed by atoms with van der Waals surface area (Å²) in [5.41, 5.74) is 4.37. The van der Waals surface area contributed by atoms with Crippen molar-refractivity contribution in [2.75, 3.05) is 5.32 Å². The fourth-order valence-electron chi connectivity index (χ4n) is 2.90. The minimum Gasteiger partial charge on any atom is -0.378 e. The zero-order chi connectivity index (χ0) is 14.2. The number of fused-ring (bicyclic) bond motifs is 1. The molecule has 20 heavy (non-hydrogen) atoms. The molecule has 0 saturated heterocycles. The van der Waals surface area contributed by atoms with E-state index in [9.17, 15) is 0 Å². The summed E-state index contributed by atoms with van der Waals surface area (Å²) in [4.78, 5) is 1.57. The molecule has 0 aliphatic heterocycles. The van der Waals surface area contributed by atoms with Crippen molar-refractivity contribution in [2.45, 2.75) is 51.5 Å². The lowest BCUT2D eigenvalue weighted by atomic mass is 9.87. The van der Waals surface area contributed by atoms with Crippen LogP contribution in [0.3, 0.4) is 0 Å². The van der Waals surface area contributed by atoms with Crippen molar-refractivity contribution in [1.29, 1.82) is 0 Å². The molecule has 0 radical (unpaired) electrons. The molecule has 1 atom stereocenters. The van der Waals surface area contributed by atoms with Gasteiger partial charge in [-0.15, -0.1) is 11.3 Å². The number of hydrogen-bond acceptors (Lipinski definition) is 2. The SMILES string of the molecule is CC(C)(C)c1ccc(NC2CCCc3sccc32)cc1. The maximum Gasteiger partial charge on any atom is 0.0524 e. The third kappa shape index (κ3) is 2.76. The van der Waals surface area contributed by atoms with Crippen LogP contribution in [-0.2, 0) is 11.8 Å². The Bertz CT molecular complexity index is 574. The van der Waals surface area contributed by atoms with E-state index in [1.54, 1.807) is 4.88 Å². The summed E-state index contributed by atoms with van der Waals surface area (Å²) in [7, 11) is 0. The summed E-state index contributed by atoms with van der Waals surface area (Å²) in [6.07, 6.45) is 3.80. The van der Waals surface area contributed by atoms with E-state index in [0.717, 1.165) is 0 Å². The van der Waals surface area contributed by atoms with Crippen molar-refractivity contribution in [3.05, 3.63) is 51.7 Å². The molecule has 106 valence electrons. The minimum atomic E-state index is 0.226. The highest BCUT2D eigenvalue weighted by atomic mass is 32.1. The average Bonchev–Trinajstić information content (AvgIpc) is 2.88. The van der Waals surface area contributed by atoms with E-state index in [4.69, 9.17) is 0 Å². The lowest BCUT2D eigenvalue weighted by molar-refractivity contribution is 0.589. The molecule has 3 rings (SSSR count).